The highest BCUT2D eigenvalue weighted by molar-refractivity contribution is 6.06. The number of carbonyl (C=O) groups excluding carboxylic acids is 3. The highest BCUT2D eigenvalue weighted by Crippen LogP contribution is 2.27. The maximum absolute atomic E-state index is 13.4. The van der Waals surface area contributed by atoms with Crippen molar-refractivity contribution in [1.82, 2.24) is 9.88 Å². The molecular formula is C22H34N2O5. The number of rotatable bonds is 9. The molecule has 0 bridgehead atoms. The molecule has 1 aliphatic carbocycles. The summed E-state index contributed by atoms with van der Waals surface area (Å²) in [4.78, 5) is 43.4. The second-order valence-electron chi connectivity index (χ2n) is 7.75. The largest absolute Gasteiger partial charge is 0.461 e. The fourth-order valence-corrected chi connectivity index (χ4v) is 4.15. The van der Waals surface area contributed by atoms with E-state index in [0.29, 0.717) is 35.7 Å². The Bertz CT molecular complexity index is 734. The Kier molecular flexibility index (Phi) is 8.44. The van der Waals surface area contributed by atoms with Crippen molar-refractivity contribution in [3.8, 4) is 0 Å². The van der Waals surface area contributed by atoms with Crippen LogP contribution in [0.3, 0.4) is 0 Å². The Hall–Kier alpha value is -2.15. The second kappa shape index (κ2) is 10.6. The highest BCUT2D eigenvalue weighted by Gasteiger charge is 2.34. The molecule has 1 amide bonds. The van der Waals surface area contributed by atoms with E-state index in [2.05, 4.69) is 4.98 Å². The second-order valence-corrected chi connectivity index (χ2v) is 7.75. The lowest BCUT2D eigenvalue weighted by molar-refractivity contribution is -0.138. The van der Waals surface area contributed by atoms with E-state index < -0.39 is 12.0 Å². The number of aryl methyl sites for hydroxylation is 1. The molecular weight excluding hydrogens is 372 g/mol. The number of nitrogens with zero attached hydrogens (tertiary/aromatic N) is 1. The maximum Gasteiger partial charge on any atom is 0.355 e. The van der Waals surface area contributed by atoms with Crippen molar-refractivity contribution < 1.29 is 23.9 Å². The molecule has 29 heavy (non-hydrogen) atoms. The number of H-pyrrole nitrogens is 1. The zero-order valence-corrected chi connectivity index (χ0v) is 18.3. The van der Waals surface area contributed by atoms with Crippen LogP contribution in [0.25, 0.3) is 0 Å². The van der Waals surface area contributed by atoms with Gasteiger partial charge in [0.15, 0.2) is 5.78 Å². The summed E-state index contributed by atoms with van der Waals surface area (Å²) in [6, 6.07) is -0.636. The molecule has 1 N–H and O–H groups in total. The van der Waals surface area contributed by atoms with Crippen LogP contribution >= 0.6 is 0 Å². The summed E-state index contributed by atoms with van der Waals surface area (Å²) < 4.78 is 10.3. The van der Waals surface area contributed by atoms with Gasteiger partial charge in [0.2, 0.25) is 5.91 Å². The van der Waals surface area contributed by atoms with Crippen molar-refractivity contribution in [2.45, 2.75) is 65.8 Å². The van der Waals surface area contributed by atoms with Gasteiger partial charge in [0, 0.05) is 30.8 Å². The van der Waals surface area contributed by atoms with E-state index in [1.54, 1.807) is 39.7 Å². The lowest BCUT2D eigenvalue weighted by atomic mass is 9.87. The van der Waals surface area contributed by atoms with Crippen LogP contribution in [0.2, 0.25) is 0 Å². The average molecular weight is 407 g/mol. The number of Topliss-reactive ketones (excluding diaryl/α,β-unsaturated/α-hetero) is 1. The number of ketones is 1. The molecule has 0 unspecified atom stereocenters. The third-order valence-corrected chi connectivity index (χ3v) is 5.78. The normalized spacial score (nSPS) is 15.8. The fraction of sp³-hybridized carbons (Fsp3) is 0.682. The number of nitrogens with one attached hydrogen (secondary N) is 1. The van der Waals surface area contributed by atoms with Gasteiger partial charge in [0.05, 0.1) is 19.3 Å². The average Bonchev–Trinajstić information content (AvgIpc) is 3.02. The van der Waals surface area contributed by atoms with Gasteiger partial charge in [-0.05, 0) is 46.1 Å². The molecule has 1 heterocycles. The SMILES string of the molecule is CCOC(=O)c1[nH]c(C)c(C(=O)[C@H](C)N(CCOC)C(=O)C2CCCCC2)c1C. The van der Waals surface area contributed by atoms with Gasteiger partial charge in [-0.3, -0.25) is 9.59 Å². The van der Waals surface area contributed by atoms with Crippen LogP contribution in [0.15, 0.2) is 0 Å². The summed E-state index contributed by atoms with van der Waals surface area (Å²) in [5, 5.41) is 0. The monoisotopic (exact) mass is 406 g/mol. The van der Waals surface area contributed by atoms with Crippen molar-refractivity contribution in [3.05, 3.63) is 22.5 Å². The molecule has 0 spiro atoms. The molecule has 0 radical (unpaired) electrons. The smallest absolute Gasteiger partial charge is 0.355 e. The molecule has 7 nitrogen and oxygen atoms in total. The summed E-state index contributed by atoms with van der Waals surface area (Å²) in [5.74, 6) is -0.653. The summed E-state index contributed by atoms with van der Waals surface area (Å²) in [7, 11) is 1.59. The quantitative estimate of drug-likeness (QED) is 0.501. The number of amides is 1. The third-order valence-electron chi connectivity index (χ3n) is 5.78. The minimum atomic E-state index is -0.636. The Morgan fingerprint density at radius 1 is 1.17 bits per heavy atom. The number of aromatic amines is 1. The summed E-state index contributed by atoms with van der Waals surface area (Å²) in [6.45, 7) is 7.99. The molecule has 2 rings (SSSR count). The number of carbonyl (C=O) groups is 3. The van der Waals surface area contributed by atoms with Gasteiger partial charge in [-0.2, -0.15) is 0 Å². The molecule has 1 aromatic heterocycles. The molecule has 162 valence electrons. The Morgan fingerprint density at radius 3 is 2.41 bits per heavy atom. The summed E-state index contributed by atoms with van der Waals surface area (Å²) in [6.07, 6.45) is 5.01. The van der Waals surface area contributed by atoms with Crippen LogP contribution in [-0.2, 0) is 14.3 Å². The Morgan fingerprint density at radius 2 is 1.83 bits per heavy atom. The Labute approximate surface area is 173 Å². The van der Waals surface area contributed by atoms with E-state index in [1.807, 2.05) is 0 Å². The fourth-order valence-electron chi connectivity index (χ4n) is 4.15. The summed E-state index contributed by atoms with van der Waals surface area (Å²) in [5.41, 5.74) is 1.93. The van der Waals surface area contributed by atoms with E-state index >= 15 is 0 Å². The molecule has 0 aromatic carbocycles. The van der Waals surface area contributed by atoms with Crippen molar-refractivity contribution in [1.29, 1.82) is 0 Å². The van der Waals surface area contributed by atoms with E-state index in [4.69, 9.17) is 9.47 Å². The molecule has 1 fully saturated rings. The van der Waals surface area contributed by atoms with Crippen LogP contribution in [-0.4, -0.2) is 60.5 Å². The van der Waals surface area contributed by atoms with Gasteiger partial charge in [-0.25, -0.2) is 4.79 Å². The lowest BCUT2D eigenvalue weighted by Crippen LogP contribution is -2.48. The lowest BCUT2D eigenvalue weighted by Gasteiger charge is -2.33. The van der Waals surface area contributed by atoms with Crippen LogP contribution in [0.5, 0.6) is 0 Å². The zero-order chi connectivity index (χ0) is 21.6. The predicted octanol–water partition coefficient (Wildman–Crippen LogP) is 3.43. The predicted molar refractivity (Wildman–Crippen MR) is 110 cm³/mol. The van der Waals surface area contributed by atoms with Gasteiger partial charge < -0.3 is 19.4 Å². The Balaban J connectivity index is 2.28. The first-order valence-electron chi connectivity index (χ1n) is 10.5. The van der Waals surface area contributed by atoms with Gasteiger partial charge in [0.25, 0.3) is 0 Å². The molecule has 1 atom stereocenters. The van der Waals surface area contributed by atoms with Gasteiger partial charge in [-0.15, -0.1) is 0 Å². The first kappa shape index (κ1) is 23.1. The van der Waals surface area contributed by atoms with Crippen LogP contribution in [0.4, 0.5) is 0 Å². The van der Waals surface area contributed by atoms with Crippen LogP contribution in [0, 0.1) is 19.8 Å². The topological polar surface area (TPSA) is 88.7 Å². The molecule has 7 heteroatoms. The molecule has 1 aliphatic rings. The zero-order valence-electron chi connectivity index (χ0n) is 18.3. The number of hydrogen-bond donors (Lipinski definition) is 1. The van der Waals surface area contributed by atoms with E-state index in [1.165, 1.54) is 0 Å². The van der Waals surface area contributed by atoms with Gasteiger partial charge >= 0.3 is 5.97 Å². The summed E-state index contributed by atoms with van der Waals surface area (Å²) >= 11 is 0. The third kappa shape index (κ3) is 5.26. The van der Waals surface area contributed by atoms with E-state index in [9.17, 15) is 14.4 Å². The number of methoxy groups -OCH3 is 1. The van der Waals surface area contributed by atoms with Crippen molar-refractivity contribution >= 4 is 17.7 Å². The molecule has 0 saturated heterocycles. The van der Waals surface area contributed by atoms with Crippen molar-refractivity contribution in [2.24, 2.45) is 5.92 Å². The van der Waals surface area contributed by atoms with Gasteiger partial charge in [0.1, 0.15) is 5.69 Å². The molecule has 1 aromatic rings. The van der Waals surface area contributed by atoms with Crippen molar-refractivity contribution in [3.63, 3.8) is 0 Å². The standard InChI is InChI=1S/C22H34N2O5/c1-6-29-22(27)19-14(2)18(15(3)23-19)20(25)16(4)24(12-13-28-5)21(26)17-10-8-7-9-11-17/h16-17,23H,6-13H2,1-5H3/t16-/m0/s1. The number of ether oxygens (including phenoxy) is 2. The van der Waals surface area contributed by atoms with Crippen LogP contribution in [0.1, 0.15) is 78.1 Å². The molecule has 1 saturated carbocycles. The van der Waals surface area contributed by atoms with E-state index in [0.717, 1.165) is 32.1 Å². The maximum atomic E-state index is 13.4. The number of aromatic nitrogens is 1. The first-order chi connectivity index (χ1) is 13.8. The number of esters is 1. The first-order valence-corrected chi connectivity index (χ1v) is 10.5. The van der Waals surface area contributed by atoms with E-state index in [-0.39, 0.29) is 24.2 Å². The van der Waals surface area contributed by atoms with Crippen molar-refractivity contribution in [2.75, 3.05) is 26.9 Å². The minimum absolute atomic E-state index is 0.0269. The number of hydrogen-bond acceptors (Lipinski definition) is 5. The highest BCUT2D eigenvalue weighted by atomic mass is 16.5. The van der Waals surface area contributed by atoms with Gasteiger partial charge in [-0.1, -0.05) is 19.3 Å². The minimum Gasteiger partial charge on any atom is -0.461 e. The molecule has 0 aliphatic heterocycles. The van der Waals surface area contributed by atoms with Crippen LogP contribution < -0.4 is 0 Å².